The molecule has 0 atom stereocenters. The summed E-state index contributed by atoms with van der Waals surface area (Å²) in [5.74, 6) is 0. The predicted molar refractivity (Wildman–Crippen MR) is 70.7 cm³/mol. The highest BCUT2D eigenvalue weighted by Gasteiger charge is 2.19. The summed E-state index contributed by atoms with van der Waals surface area (Å²) in [6.45, 7) is 3.19. The fourth-order valence-electron chi connectivity index (χ4n) is 1.95. The number of hydrogen-bond donors (Lipinski definition) is 2. The van der Waals surface area contributed by atoms with Crippen LogP contribution in [0, 0.1) is 0 Å². The van der Waals surface area contributed by atoms with Crippen molar-refractivity contribution < 1.29 is 0 Å². The number of rotatable bonds is 7. The Hall–Kier alpha value is -0.910. The van der Waals surface area contributed by atoms with E-state index in [1.165, 1.54) is 18.5 Å². The molecule has 0 radical (unpaired) electrons. The van der Waals surface area contributed by atoms with Gasteiger partial charge in [0.25, 0.3) is 0 Å². The zero-order chi connectivity index (χ0) is 11.5. The van der Waals surface area contributed by atoms with Crippen molar-refractivity contribution in [3.8, 4) is 0 Å². The van der Waals surface area contributed by atoms with E-state index in [0.717, 1.165) is 37.1 Å². The van der Waals surface area contributed by atoms with Crippen LogP contribution in [-0.4, -0.2) is 35.1 Å². The number of nitrogens with one attached hydrogen (secondary N) is 2. The maximum absolute atomic E-state index is 4.27. The normalized spacial score (nSPS) is 15.8. The van der Waals surface area contributed by atoms with Crippen molar-refractivity contribution in [3.05, 3.63) is 23.5 Å². The quantitative estimate of drug-likeness (QED) is 0.727. The smallest absolute Gasteiger partial charge is 0.193 e. The molecule has 0 aromatic carbocycles. The van der Waals surface area contributed by atoms with Gasteiger partial charge in [-0.05, 0) is 12.8 Å². The van der Waals surface area contributed by atoms with Gasteiger partial charge >= 0.3 is 0 Å². The zero-order valence-electron chi connectivity index (χ0n) is 9.85. The van der Waals surface area contributed by atoms with E-state index in [2.05, 4.69) is 25.4 Å². The van der Waals surface area contributed by atoms with Gasteiger partial charge < -0.3 is 10.6 Å². The van der Waals surface area contributed by atoms with E-state index >= 15 is 0 Å². The van der Waals surface area contributed by atoms with Crippen molar-refractivity contribution in [2.24, 2.45) is 0 Å². The minimum atomic E-state index is 0.819. The monoisotopic (exact) mass is 250 g/mol. The van der Waals surface area contributed by atoms with Crippen LogP contribution in [0.1, 0.15) is 18.5 Å². The Balaban J connectivity index is 1.37. The molecule has 92 valence electrons. The van der Waals surface area contributed by atoms with Crippen LogP contribution >= 0.6 is 11.3 Å². The average molecular weight is 250 g/mol. The first-order chi connectivity index (χ1) is 8.43. The zero-order valence-corrected chi connectivity index (χ0v) is 10.7. The molecule has 17 heavy (non-hydrogen) atoms. The van der Waals surface area contributed by atoms with E-state index in [0.29, 0.717) is 0 Å². The lowest BCUT2D eigenvalue weighted by Gasteiger charge is -2.05. The molecule has 1 aliphatic carbocycles. The second-order valence-corrected chi connectivity index (χ2v) is 5.37. The number of imidazole rings is 1. The highest BCUT2D eigenvalue weighted by molar-refractivity contribution is 7.15. The second-order valence-electron chi connectivity index (χ2n) is 4.54. The third-order valence-corrected chi connectivity index (χ3v) is 3.99. The summed E-state index contributed by atoms with van der Waals surface area (Å²) in [6.07, 6.45) is 7.71. The third kappa shape index (κ3) is 2.86. The summed E-state index contributed by atoms with van der Waals surface area (Å²) < 4.78 is 2.18. The van der Waals surface area contributed by atoms with E-state index in [-0.39, 0.29) is 0 Å². The van der Waals surface area contributed by atoms with E-state index in [1.54, 1.807) is 11.3 Å². The summed E-state index contributed by atoms with van der Waals surface area (Å²) in [7, 11) is 0. The number of hydrogen-bond acceptors (Lipinski definition) is 4. The molecule has 0 saturated heterocycles. The molecular weight excluding hydrogens is 232 g/mol. The van der Waals surface area contributed by atoms with Crippen LogP contribution in [0.5, 0.6) is 0 Å². The molecule has 2 aromatic heterocycles. The van der Waals surface area contributed by atoms with Crippen molar-refractivity contribution >= 4 is 16.3 Å². The standard InChI is InChI=1S/C12H18N4S/c1-2-10(1)14-6-5-13-4-3-11-9-17-12-15-7-8-16(11)12/h7-10,13-14H,1-6H2. The summed E-state index contributed by atoms with van der Waals surface area (Å²) >= 11 is 1.71. The molecule has 5 heteroatoms. The molecular formula is C12H18N4S. The molecule has 3 rings (SSSR count). The molecule has 0 aliphatic heterocycles. The summed E-state index contributed by atoms with van der Waals surface area (Å²) in [6, 6.07) is 0.819. The molecule has 0 amide bonds. The first-order valence-electron chi connectivity index (χ1n) is 6.27. The SMILES string of the molecule is c1cn2c(CCNCCNC3CC3)csc2n1. The highest BCUT2D eigenvalue weighted by atomic mass is 32.1. The Morgan fingerprint density at radius 1 is 1.35 bits per heavy atom. The maximum atomic E-state index is 4.27. The lowest BCUT2D eigenvalue weighted by atomic mass is 10.3. The van der Waals surface area contributed by atoms with Crippen LogP contribution in [0.2, 0.25) is 0 Å². The van der Waals surface area contributed by atoms with Gasteiger partial charge in [-0.3, -0.25) is 4.40 Å². The molecule has 2 N–H and O–H groups in total. The molecule has 0 spiro atoms. The number of thiazole rings is 1. The van der Waals surface area contributed by atoms with Gasteiger partial charge in [0.05, 0.1) is 0 Å². The Morgan fingerprint density at radius 2 is 2.29 bits per heavy atom. The van der Waals surface area contributed by atoms with E-state index in [4.69, 9.17) is 0 Å². The summed E-state index contributed by atoms with van der Waals surface area (Å²) in [5.41, 5.74) is 1.35. The van der Waals surface area contributed by atoms with Gasteiger partial charge in [0.1, 0.15) is 0 Å². The highest BCUT2D eigenvalue weighted by Crippen LogP contribution is 2.17. The van der Waals surface area contributed by atoms with Crippen molar-refractivity contribution in [1.82, 2.24) is 20.0 Å². The van der Waals surface area contributed by atoms with Crippen molar-refractivity contribution in [2.45, 2.75) is 25.3 Å². The Kier molecular flexibility index (Phi) is 3.40. The summed E-state index contributed by atoms with van der Waals surface area (Å²) in [5, 5.41) is 9.17. The molecule has 1 saturated carbocycles. The van der Waals surface area contributed by atoms with Gasteiger partial charge in [0.15, 0.2) is 4.96 Å². The second kappa shape index (κ2) is 5.16. The lowest BCUT2D eigenvalue weighted by Crippen LogP contribution is -2.29. The molecule has 1 aliphatic rings. The fourth-order valence-corrected chi connectivity index (χ4v) is 2.83. The largest absolute Gasteiger partial charge is 0.315 e. The van der Waals surface area contributed by atoms with E-state index in [9.17, 15) is 0 Å². The van der Waals surface area contributed by atoms with Crippen molar-refractivity contribution in [1.29, 1.82) is 0 Å². The van der Waals surface area contributed by atoms with Crippen LogP contribution in [0.3, 0.4) is 0 Å². The maximum Gasteiger partial charge on any atom is 0.193 e. The van der Waals surface area contributed by atoms with Gasteiger partial charge in [-0.15, -0.1) is 11.3 Å². The van der Waals surface area contributed by atoms with Crippen LogP contribution in [0.4, 0.5) is 0 Å². The van der Waals surface area contributed by atoms with Gasteiger partial charge in [-0.1, -0.05) is 0 Å². The van der Waals surface area contributed by atoms with Crippen molar-refractivity contribution in [3.63, 3.8) is 0 Å². The van der Waals surface area contributed by atoms with Crippen LogP contribution in [0.15, 0.2) is 17.8 Å². The van der Waals surface area contributed by atoms with Gasteiger partial charge in [0, 0.05) is 55.6 Å². The van der Waals surface area contributed by atoms with Crippen LogP contribution in [-0.2, 0) is 6.42 Å². The van der Waals surface area contributed by atoms with Crippen LogP contribution < -0.4 is 10.6 Å². The molecule has 4 nitrogen and oxygen atoms in total. The number of nitrogens with zero attached hydrogens (tertiary/aromatic N) is 2. The first kappa shape index (κ1) is 11.2. The molecule has 2 aromatic rings. The number of aromatic nitrogens is 2. The minimum absolute atomic E-state index is 0.819. The van der Waals surface area contributed by atoms with Gasteiger partial charge in [0.2, 0.25) is 0 Å². The Labute approximate surface area is 105 Å². The van der Waals surface area contributed by atoms with Crippen molar-refractivity contribution in [2.75, 3.05) is 19.6 Å². The lowest BCUT2D eigenvalue weighted by molar-refractivity contribution is 0.606. The first-order valence-corrected chi connectivity index (χ1v) is 7.15. The molecule has 0 bridgehead atoms. The molecule has 0 unspecified atom stereocenters. The molecule has 2 heterocycles. The predicted octanol–water partition coefficient (Wildman–Crippen LogP) is 1.28. The van der Waals surface area contributed by atoms with Gasteiger partial charge in [-0.2, -0.15) is 0 Å². The average Bonchev–Trinajstić information content (AvgIpc) is 2.89. The van der Waals surface area contributed by atoms with E-state index in [1.807, 2.05) is 12.4 Å². The number of fused-ring (bicyclic) bond motifs is 1. The Morgan fingerprint density at radius 3 is 3.18 bits per heavy atom. The Bertz CT molecular complexity index is 472. The fraction of sp³-hybridized carbons (Fsp3) is 0.583. The van der Waals surface area contributed by atoms with Crippen LogP contribution in [0.25, 0.3) is 4.96 Å². The third-order valence-electron chi connectivity index (χ3n) is 3.09. The topological polar surface area (TPSA) is 41.4 Å². The van der Waals surface area contributed by atoms with Gasteiger partial charge in [-0.25, -0.2) is 4.98 Å². The summed E-state index contributed by atoms with van der Waals surface area (Å²) in [4.78, 5) is 5.37. The van der Waals surface area contributed by atoms with E-state index < -0.39 is 0 Å². The minimum Gasteiger partial charge on any atom is -0.315 e. The molecule has 1 fully saturated rings.